The van der Waals surface area contributed by atoms with E-state index in [1.165, 1.54) is 0 Å². The van der Waals surface area contributed by atoms with Gasteiger partial charge in [0.15, 0.2) is 0 Å². The lowest BCUT2D eigenvalue weighted by Gasteiger charge is -2.50. The van der Waals surface area contributed by atoms with Crippen molar-refractivity contribution in [3.63, 3.8) is 0 Å². The van der Waals surface area contributed by atoms with Crippen LogP contribution in [-0.4, -0.2) is 52.5 Å². The molecule has 8 nitrogen and oxygen atoms in total. The van der Waals surface area contributed by atoms with Crippen LogP contribution in [0.3, 0.4) is 0 Å². The number of hydrogen-bond acceptors (Lipinski definition) is 7. The molecule has 2 aliphatic carbocycles. The lowest BCUT2D eigenvalue weighted by molar-refractivity contribution is -0.177. The van der Waals surface area contributed by atoms with E-state index in [1.807, 2.05) is 88.4 Å². The molecule has 1 amide bonds. The molecule has 2 aromatic rings. The smallest absolute Gasteiger partial charge is 0.410 e. The number of hydrogen-bond donors (Lipinski definition) is 1. The molecule has 0 bridgehead atoms. The Kier molecular flexibility index (Phi) is 11.9. The molecule has 1 N–H and O–H groups in total. The maximum atomic E-state index is 14.3. The van der Waals surface area contributed by atoms with E-state index in [4.69, 9.17) is 14.2 Å². The van der Waals surface area contributed by atoms with Crippen LogP contribution < -0.4 is 0 Å². The minimum atomic E-state index is -0.712. The van der Waals surface area contributed by atoms with Crippen molar-refractivity contribution in [1.29, 1.82) is 0 Å². The highest BCUT2D eigenvalue weighted by molar-refractivity contribution is 5.76. The summed E-state index contributed by atoms with van der Waals surface area (Å²) in [5, 5.41) is 10.3. The van der Waals surface area contributed by atoms with Gasteiger partial charge < -0.3 is 19.3 Å². The van der Waals surface area contributed by atoms with Gasteiger partial charge in [0, 0.05) is 24.8 Å². The maximum absolute atomic E-state index is 14.3. The molecular formula is C40H55NO7. The molecule has 0 aromatic heterocycles. The monoisotopic (exact) mass is 661 g/mol. The van der Waals surface area contributed by atoms with Gasteiger partial charge in [0.25, 0.3) is 0 Å². The molecule has 1 heterocycles. The molecule has 0 spiro atoms. The second-order valence-electron chi connectivity index (χ2n) is 15.2. The minimum absolute atomic E-state index is 0.0164. The van der Waals surface area contributed by atoms with Crippen LogP contribution in [0.5, 0.6) is 0 Å². The van der Waals surface area contributed by atoms with Gasteiger partial charge in [-0.3, -0.25) is 14.5 Å². The van der Waals surface area contributed by atoms with Gasteiger partial charge in [-0.2, -0.15) is 0 Å². The van der Waals surface area contributed by atoms with Crippen molar-refractivity contribution in [3.05, 3.63) is 71.8 Å². The molecule has 3 fully saturated rings. The van der Waals surface area contributed by atoms with Gasteiger partial charge in [0.05, 0.1) is 24.0 Å². The highest BCUT2D eigenvalue weighted by Gasteiger charge is 2.50. The SMILES string of the molecule is CCC(C)(C)C(=O)O[C@H]1C[C@H](C)C[C@H]2CC[C@H](OC(=O)N(Cc3ccccc3)C(C)c3ccccc3)[C@@H](CC[C@@H]3C[C@@H](O)CC(=O)O3)[C@@H]21. The van der Waals surface area contributed by atoms with Crippen molar-refractivity contribution >= 4 is 18.0 Å². The van der Waals surface area contributed by atoms with Crippen molar-refractivity contribution in [2.24, 2.45) is 29.1 Å². The van der Waals surface area contributed by atoms with Gasteiger partial charge in [0.1, 0.15) is 18.3 Å². The van der Waals surface area contributed by atoms with E-state index in [0.717, 1.165) is 36.8 Å². The molecule has 9 atom stereocenters. The van der Waals surface area contributed by atoms with Crippen molar-refractivity contribution in [1.82, 2.24) is 4.90 Å². The van der Waals surface area contributed by atoms with E-state index in [0.29, 0.717) is 44.1 Å². The van der Waals surface area contributed by atoms with Crippen LogP contribution in [-0.2, 0) is 30.3 Å². The summed E-state index contributed by atoms with van der Waals surface area (Å²) in [6.45, 7) is 10.5. The molecule has 48 heavy (non-hydrogen) atoms. The molecule has 1 aliphatic heterocycles. The highest BCUT2D eigenvalue weighted by Crippen LogP contribution is 2.50. The minimum Gasteiger partial charge on any atom is -0.462 e. The zero-order valence-corrected chi connectivity index (χ0v) is 29.4. The first-order chi connectivity index (χ1) is 22.9. The first kappa shape index (κ1) is 35.9. The Morgan fingerprint density at radius 1 is 0.958 bits per heavy atom. The molecule has 0 radical (unpaired) electrons. The number of ether oxygens (including phenoxy) is 3. The number of amides is 1. The molecule has 5 rings (SSSR count). The second kappa shape index (κ2) is 15.9. The van der Waals surface area contributed by atoms with Crippen LogP contribution in [0, 0.1) is 29.1 Å². The van der Waals surface area contributed by atoms with Crippen molar-refractivity contribution in [3.8, 4) is 0 Å². The van der Waals surface area contributed by atoms with Crippen LogP contribution in [0.25, 0.3) is 0 Å². The van der Waals surface area contributed by atoms with Crippen molar-refractivity contribution < 1.29 is 33.7 Å². The predicted molar refractivity (Wildman–Crippen MR) is 184 cm³/mol. The molecule has 2 saturated carbocycles. The van der Waals surface area contributed by atoms with E-state index in [1.54, 1.807) is 4.90 Å². The lowest BCUT2D eigenvalue weighted by Crippen LogP contribution is -2.52. The number of benzene rings is 2. The largest absolute Gasteiger partial charge is 0.462 e. The normalized spacial score (nSPS) is 29.6. The fourth-order valence-electron chi connectivity index (χ4n) is 8.16. The first-order valence-corrected chi connectivity index (χ1v) is 18.1. The second-order valence-corrected chi connectivity index (χ2v) is 15.2. The van der Waals surface area contributed by atoms with E-state index in [9.17, 15) is 19.5 Å². The van der Waals surface area contributed by atoms with Gasteiger partial charge in [-0.1, -0.05) is 74.5 Å². The van der Waals surface area contributed by atoms with E-state index < -0.39 is 23.7 Å². The van der Waals surface area contributed by atoms with Crippen LogP contribution in [0.2, 0.25) is 0 Å². The van der Waals surface area contributed by atoms with Crippen LogP contribution in [0.15, 0.2) is 60.7 Å². The van der Waals surface area contributed by atoms with Crippen molar-refractivity contribution in [2.75, 3.05) is 0 Å². The molecule has 262 valence electrons. The zero-order chi connectivity index (χ0) is 34.4. The number of cyclic esters (lactones) is 1. The average molecular weight is 662 g/mol. The number of rotatable bonds is 11. The van der Waals surface area contributed by atoms with Gasteiger partial charge in [-0.15, -0.1) is 0 Å². The summed E-state index contributed by atoms with van der Waals surface area (Å²) in [5.74, 6) is 0.106. The third-order valence-corrected chi connectivity index (χ3v) is 11.3. The molecule has 2 aromatic carbocycles. The zero-order valence-electron chi connectivity index (χ0n) is 29.4. The molecule has 1 unspecified atom stereocenters. The molecule has 1 saturated heterocycles. The molecular weight excluding hydrogens is 606 g/mol. The highest BCUT2D eigenvalue weighted by atomic mass is 16.6. The van der Waals surface area contributed by atoms with Crippen LogP contribution in [0.4, 0.5) is 4.79 Å². The summed E-state index contributed by atoms with van der Waals surface area (Å²) in [7, 11) is 0. The number of carbonyl (C=O) groups is 3. The molecule has 3 aliphatic rings. The van der Waals surface area contributed by atoms with Crippen LogP contribution >= 0.6 is 0 Å². The van der Waals surface area contributed by atoms with E-state index in [2.05, 4.69) is 6.92 Å². The van der Waals surface area contributed by atoms with E-state index in [-0.39, 0.29) is 48.4 Å². The maximum Gasteiger partial charge on any atom is 0.410 e. The Labute approximate surface area is 286 Å². The summed E-state index contributed by atoms with van der Waals surface area (Å²) in [5.41, 5.74) is 1.45. The molecule has 8 heteroatoms. The fourth-order valence-corrected chi connectivity index (χ4v) is 8.16. The van der Waals surface area contributed by atoms with Gasteiger partial charge in [-0.05, 0) is 88.7 Å². The predicted octanol–water partition coefficient (Wildman–Crippen LogP) is 8.02. The summed E-state index contributed by atoms with van der Waals surface area (Å²) >= 11 is 0. The lowest BCUT2D eigenvalue weighted by atomic mass is 9.60. The number of nitrogens with zero attached hydrogens (tertiary/aromatic N) is 1. The van der Waals surface area contributed by atoms with Gasteiger partial charge in [0.2, 0.25) is 0 Å². The van der Waals surface area contributed by atoms with E-state index >= 15 is 0 Å². The topological polar surface area (TPSA) is 102 Å². The first-order valence-electron chi connectivity index (χ1n) is 18.1. The summed E-state index contributed by atoms with van der Waals surface area (Å²) < 4.78 is 18.6. The Morgan fingerprint density at radius 3 is 2.31 bits per heavy atom. The number of esters is 2. The number of fused-ring (bicyclic) bond motifs is 1. The number of aliphatic hydroxyl groups excluding tert-OH is 1. The summed E-state index contributed by atoms with van der Waals surface area (Å²) in [6, 6.07) is 19.7. The van der Waals surface area contributed by atoms with Gasteiger partial charge >= 0.3 is 18.0 Å². The Bertz CT molecular complexity index is 1360. The average Bonchev–Trinajstić information content (AvgIpc) is 3.06. The standard InChI is InChI=1S/C40H55NO7/c1-6-40(4,5)38(44)47-35-22-26(2)21-30-17-20-34(33(37(30)35)19-18-32-23-31(42)24-36(43)46-32)48-39(45)41(25-28-13-9-7-10-14-28)27(3)29-15-11-8-12-16-29/h7-16,26-27,30-35,37,42H,6,17-25H2,1-5H3/t26-,27?,30-,31-,32-,33-,34+,35+,37-/m1/s1. The third kappa shape index (κ3) is 8.79. The Morgan fingerprint density at radius 2 is 1.65 bits per heavy atom. The number of aliphatic hydroxyl groups is 1. The third-order valence-electron chi connectivity index (χ3n) is 11.3. The van der Waals surface area contributed by atoms with Crippen molar-refractivity contribution in [2.45, 2.75) is 129 Å². The summed E-state index contributed by atoms with van der Waals surface area (Å²) in [4.78, 5) is 41.8. The Hall–Kier alpha value is -3.39. The van der Waals surface area contributed by atoms with Crippen LogP contribution in [0.1, 0.15) is 110 Å². The van der Waals surface area contributed by atoms with Gasteiger partial charge in [-0.25, -0.2) is 4.79 Å². The fraction of sp³-hybridized carbons (Fsp3) is 0.625. The quantitative estimate of drug-likeness (QED) is 0.192. The Balaban J connectivity index is 1.43. The summed E-state index contributed by atoms with van der Waals surface area (Å²) in [6.07, 6.45) is 3.55. The number of carbonyl (C=O) groups excluding carboxylic acids is 3.